The van der Waals surface area contributed by atoms with E-state index in [2.05, 4.69) is 6.58 Å². The summed E-state index contributed by atoms with van der Waals surface area (Å²) >= 11 is 0. The number of nitrogens with zero attached hydrogens (tertiary/aromatic N) is 1. The molecule has 146 valence electrons. The summed E-state index contributed by atoms with van der Waals surface area (Å²) in [5, 5.41) is 0. The number of hydrogen-bond acceptors (Lipinski definition) is 6. The number of likely N-dealkylation sites (tertiary alicyclic amines) is 1. The van der Waals surface area contributed by atoms with Crippen LogP contribution in [0.15, 0.2) is 43.2 Å². The Bertz CT molecular complexity index is 685. The fourth-order valence-corrected chi connectivity index (χ4v) is 2.61. The van der Waals surface area contributed by atoms with Gasteiger partial charge in [-0.25, -0.2) is 14.5 Å². The van der Waals surface area contributed by atoms with Crippen molar-refractivity contribution >= 4 is 18.0 Å². The molecule has 2 amide bonds. The van der Waals surface area contributed by atoms with Crippen LogP contribution >= 0.6 is 0 Å². The summed E-state index contributed by atoms with van der Waals surface area (Å²) in [7, 11) is 0. The maximum Gasteiger partial charge on any atom is 0.417 e. The number of benzene rings is 1. The van der Waals surface area contributed by atoms with E-state index in [1.54, 1.807) is 0 Å². The van der Waals surface area contributed by atoms with Crippen LogP contribution < -0.4 is 0 Å². The molecule has 27 heavy (non-hydrogen) atoms. The topological polar surface area (TPSA) is 82.1 Å². The molecular weight excluding hydrogens is 350 g/mol. The predicted molar refractivity (Wildman–Crippen MR) is 97.4 cm³/mol. The van der Waals surface area contributed by atoms with E-state index in [4.69, 9.17) is 14.2 Å². The van der Waals surface area contributed by atoms with Crippen molar-refractivity contribution in [1.82, 2.24) is 4.90 Å². The number of hydrogen-bond donors (Lipinski definition) is 0. The predicted octanol–water partition coefficient (Wildman–Crippen LogP) is 3.04. The van der Waals surface area contributed by atoms with Gasteiger partial charge in [-0.15, -0.1) is 0 Å². The highest BCUT2D eigenvalue weighted by atomic mass is 16.6. The van der Waals surface area contributed by atoms with Crippen LogP contribution in [0.3, 0.4) is 0 Å². The lowest BCUT2D eigenvalue weighted by atomic mass is 9.96. The Hall–Kier alpha value is -2.83. The van der Waals surface area contributed by atoms with E-state index < -0.39 is 29.4 Å². The van der Waals surface area contributed by atoms with E-state index in [9.17, 15) is 14.4 Å². The van der Waals surface area contributed by atoms with Gasteiger partial charge in [-0.05, 0) is 12.0 Å². The summed E-state index contributed by atoms with van der Waals surface area (Å²) in [4.78, 5) is 37.7. The van der Waals surface area contributed by atoms with Crippen LogP contribution in [-0.2, 0) is 30.4 Å². The quantitative estimate of drug-likeness (QED) is 0.513. The van der Waals surface area contributed by atoms with Crippen molar-refractivity contribution < 1.29 is 28.6 Å². The van der Waals surface area contributed by atoms with Crippen LogP contribution in [0.5, 0.6) is 0 Å². The average Bonchev–Trinajstić information content (AvgIpc) is 3.05. The molecule has 1 aromatic carbocycles. The van der Waals surface area contributed by atoms with Crippen molar-refractivity contribution in [3.63, 3.8) is 0 Å². The van der Waals surface area contributed by atoms with Gasteiger partial charge >= 0.3 is 12.1 Å². The van der Waals surface area contributed by atoms with E-state index in [0.29, 0.717) is 6.61 Å². The third kappa shape index (κ3) is 5.84. The number of rotatable bonds is 8. The van der Waals surface area contributed by atoms with Crippen LogP contribution in [0.2, 0.25) is 0 Å². The van der Waals surface area contributed by atoms with Crippen LogP contribution in [0.1, 0.15) is 32.3 Å². The fraction of sp³-hybridized carbons (Fsp3) is 0.450. The van der Waals surface area contributed by atoms with Gasteiger partial charge in [0.1, 0.15) is 19.3 Å². The number of esters is 1. The molecule has 1 saturated heterocycles. The van der Waals surface area contributed by atoms with Crippen molar-refractivity contribution in [1.29, 1.82) is 0 Å². The first kappa shape index (κ1) is 20.5. The zero-order valence-corrected chi connectivity index (χ0v) is 15.7. The Labute approximate surface area is 158 Å². The smallest absolute Gasteiger partial charge is 0.417 e. The van der Waals surface area contributed by atoms with Crippen LogP contribution in [-0.4, -0.2) is 42.1 Å². The van der Waals surface area contributed by atoms with E-state index in [0.717, 1.165) is 10.5 Å². The number of carbonyl (C=O) groups excluding carboxylic acids is 3. The van der Waals surface area contributed by atoms with Crippen molar-refractivity contribution in [3.8, 4) is 0 Å². The van der Waals surface area contributed by atoms with E-state index >= 15 is 0 Å². The van der Waals surface area contributed by atoms with Crippen LogP contribution in [0.4, 0.5) is 4.79 Å². The molecule has 0 aliphatic carbocycles. The van der Waals surface area contributed by atoms with Gasteiger partial charge in [-0.2, -0.15) is 0 Å². The Morgan fingerprint density at radius 3 is 2.59 bits per heavy atom. The Kier molecular flexibility index (Phi) is 6.98. The number of amides is 2. The van der Waals surface area contributed by atoms with E-state index in [1.807, 2.05) is 44.2 Å². The lowest BCUT2D eigenvalue weighted by molar-refractivity contribution is -0.152. The maximum atomic E-state index is 12.4. The molecule has 7 heteroatoms. The normalized spacial score (nSPS) is 16.7. The highest BCUT2D eigenvalue weighted by Crippen LogP contribution is 2.23. The molecular formula is C20H25NO6. The van der Waals surface area contributed by atoms with Gasteiger partial charge in [-0.3, -0.25) is 4.79 Å². The Morgan fingerprint density at radius 2 is 1.93 bits per heavy atom. The molecule has 1 aliphatic heterocycles. The minimum atomic E-state index is -0.957. The molecule has 0 radical (unpaired) electrons. The van der Waals surface area contributed by atoms with Crippen molar-refractivity contribution in [2.45, 2.75) is 39.3 Å². The summed E-state index contributed by atoms with van der Waals surface area (Å²) in [5.41, 5.74) is 0.365. The SMILES string of the molecule is C=COCC(C)(C)COC(=O)N1C(=O)CC[C@H]1C(=O)OCc1ccccc1. The largest absolute Gasteiger partial charge is 0.501 e. The molecule has 0 aromatic heterocycles. The second-order valence-corrected chi connectivity index (χ2v) is 7.11. The molecule has 0 saturated carbocycles. The first-order valence-electron chi connectivity index (χ1n) is 8.76. The van der Waals surface area contributed by atoms with Gasteiger partial charge in [0.25, 0.3) is 0 Å². The zero-order valence-electron chi connectivity index (χ0n) is 15.7. The molecule has 7 nitrogen and oxygen atoms in total. The lowest BCUT2D eigenvalue weighted by Crippen LogP contribution is -2.45. The molecule has 1 fully saturated rings. The first-order valence-corrected chi connectivity index (χ1v) is 8.76. The van der Waals surface area contributed by atoms with Gasteiger partial charge in [0, 0.05) is 11.8 Å². The van der Waals surface area contributed by atoms with Crippen molar-refractivity contribution in [2.75, 3.05) is 13.2 Å². The molecule has 1 aromatic rings. The van der Waals surface area contributed by atoms with E-state index in [1.165, 1.54) is 6.26 Å². The fourth-order valence-electron chi connectivity index (χ4n) is 2.61. The molecule has 0 unspecified atom stereocenters. The minimum absolute atomic E-state index is 0.0369. The third-order valence-corrected chi connectivity index (χ3v) is 4.08. The van der Waals surface area contributed by atoms with Gasteiger partial charge in [0.15, 0.2) is 0 Å². The van der Waals surface area contributed by atoms with Gasteiger partial charge in [-0.1, -0.05) is 50.8 Å². The standard InChI is InChI=1S/C20H25NO6/c1-4-25-13-20(2,3)14-27-19(24)21-16(10-11-17(21)22)18(23)26-12-15-8-6-5-7-9-15/h4-9,16H,1,10-14H2,2-3H3/t16-/m0/s1. The summed E-state index contributed by atoms with van der Waals surface area (Å²) in [5.74, 6) is -1.06. The molecule has 0 bridgehead atoms. The van der Waals surface area contributed by atoms with E-state index in [-0.39, 0.29) is 26.1 Å². The molecule has 2 rings (SSSR count). The third-order valence-electron chi connectivity index (χ3n) is 4.08. The number of carbonyl (C=O) groups is 3. The number of imide groups is 1. The molecule has 1 heterocycles. The summed E-state index contributed by atoms with van der Waals surface area (Å²) in [6, 6.07) is 8.23. The molecule has 0 spiro atoms. The Balaban J connectivity index is 1.93. The Morgan fingerprint density at radius 1 is 1.22 bits per heavy atom. The van der Waals surface area contributed by atoms with Crippen molar-refractivity contribution in [2.24, 2.45) is 5.41 Å². The second kappa shape index (κ2) is 9.21. The summed E-state index contributed by atoms with van der Waals surface area (Å²) in [6.45, 7) is 7.59. The van der Waals surface area contributed by atoms with Crippen LogP contribution in [0, 0.1) is 5.41 Å². The minimum Gasteiger partial charge on any atom is -0.501 e. The summed E-state index contributed by atoms with van der Waals surface area (Å²) < 4.78 is 15.6. The molecule has 1 aliphatic rings. The lowest BCUT2D eigenvalue weighted by Gasteiger charge is -2.26. The average molecular weight is 375 g/mol. The molecule has 0 N–H and O–H groups in total. The zero-order chi connectivity index (χ0) is 19.9. The first-order chi connectivity index (χ1) is 12.8. The number of ether oxygens (including phenoxy) is 3. The van der Waals surface area contributed by atoms with Gasteiger partial charge < -0.3 is 14.2 Å². The highest BCUT2D eigenvalue weighted by molar-refractivity contribution is 5.99. The highest BCUT2D eigenvalue weighted by Gasteiger charge is 2.42. The molecule has 1 atom stereocenters. The monoisotopic (exact) mass is 375 g/mol. The maximum absolute atomic E-state index is 12.4. The second-order valence-electron chi connectivity index (χ2n) is 7.11. The van der Waals surface area contributed by atoms with Crippen LogP contribution in [0.25, 0.3) is 0 Å². The van der Waals surface area contributed by atoms with Crippen molar-refractivity contribution in [3.05, 3.63) is 48.7 Å². The summed E-state index contributed by atoms with van der Waals surface area (Å²) in [6.07, 6.45) is 0.797. The van der Waals surface area contributed by atoms with Gasteiger partial charge in [0.2, 0.25) is 5.91 Å². The van der Waals surface area contributed by atoms with Gasteiger partial charge in [0.05, 0.1) is 12.9 Å².